The molecule has 4 rings (SSSR count). The van der Waals surface area contributed by atoms with Crippen LogP contribution in [0.15, 0.2) is 54.9 Å². The van der Waals surface area contributed by atoms with Crippen LogP contribution in [0.5, 0.6) is 11.5 Å². The molecule has 3 aromatic rings. The number of rotatable bonds is 5. The van der Waals surface area contributed by atoms with Crippen LogP contribution in [0.1, 0.15) is 11.1 Å². The third kappa shape index (κ3) is 3.65. The van der Waals surface area contributed by atoms with Gasteiger partial charge in [0.25, 0.3) is 0 Å². The smallest absolute Gasteiger partial charge is 0.146 e. The van der Waals surface area contributed by atoms with E-state index in [1.807, 2.05) is 24.3 Å². The SMILES string of the molecule is COc1ccc(Nc2cc(N3CCc4ccccc4C3)ncn2)c(OC)c1. The highest BCUT2D eigenvalue weighted by molar-refractivity contribution is 5.67. The first-order valence-corrected chi connectivity index (χ1v) is 8.89. The van der Waals surface area contributed by atoms with E-state index in [2.05, 4.69) is 44.5 Å². The van der Waals surface area contributed by atoms with Crippen molar-refractivity contribution >= 4 is 17.3 Å². The minimum atomic E-state index is 0.696. The number of hydrogen-bond acceptors (Lipinski definition) is 6. The number of fused-ring (bicyclic) bond motifs is 1. The molecular formula is C21H22N4O2. The lowest BCUT2D eigenvalue weighted by atomic mass is 10.00. The van der Waals surface area contributed by atoms with Crippen LogP contribution in [-0.4, -0.2) is 30.7 Å². The van der Waals surface area contributed by atoms with Crippen molar-refractivity contribution in [1.82, 2.24) is 9.97 Å². The molecule has 0 amide bonds. The second-order valence-corrected chi connectivity index (χ2v) is 6.39. The van der Waals surface area contributed by atoms with E-state index < -0.39 is 0 Å². The van der Waals surface area contributed by atoms with Crippen molar-refractivity contribution in [2.24, 2.45) is 0 Å². The summed E-state index contributed by atoms with van der Waals surface area (Å²) >= 11 is 0. The average molecular weight is 362 g/mol. The number of ether oxygens (including phenoxy) is 2. The molecule has 0 spiro atoms. The number of aromatic nitrogens is 2. The Bertz CT molecular complexity index is 945. The molecule has 0 unspecified atom stereocenters. The second-order valence-electron chi connectivity index (χ2n) is 6.39. The highest BCUT2D eigenvalue weighted by atomic mass is 16.5. The number of anilines is 3. The van der Waals surface area contributed by atoms with Crippen LogP contribution in [-0.2, 0) is 13.0 Å². The Kier molecular flexibility index (Phi) is 4.78. The minimum absolute atomic E-state index is 0.696. The summed E-state index contributed by atoms with van der Waals surface area (Å²) in [6.07, 6.45) is 2.61. The van der Waals surface area contributed by atoms with E-state index in [-0.39, 0.29) is 0 Å². The van der Waals surface area contributed by atoms with Gasteiger partial charge in [0.2, 0.25) is 0 Å². The molecular weight excluding hydrogens is 340 g/mol. The summed E-state index contributed by atoms with van der Waals surface area (Å²) in [6.45, 7) is 1.80. The van der Waals surface area contributed by atoms with Crippen molar-refractivity contribution in [2.45, 2.75) is 13.0 Å². The summed E-state index contributed by atoms with van der Waals surface area (Å²) in [6, 6.07) is 16.2. The quantitative estimate of drug-likeness (QED) is 0.745. The molecule has 0 aliphatic carbocycles. The second kappa shape index (κ2) is 7.53. The van der Waals surface area contributed by atoms with Crippen LogP contribution in [0.4, 0.5) is 17.3 Å². The molecule has 2 heterocycles. The molecule has 27 heavy (non-hydrogen) atoms. The molecule has 0 saturated heterocycles. The van der Waals surface area contributed by atoms with Crippen molar-refractivity contribution in [1.29, 1.82) is 0 Å². The molecule has 1 aliphatic rings. The third-order valence-corrected chi connectivity index (χ3v) is 4.78. The predicted octanol–water partition coefficient (Wildman–Crippen LogP) is 3.80. The van der Waals surface area contributed by atoms with Gasteiger partial charge in [-0.2, -0.15) is 0 Å². The van der Waals surface area contributed by atoms with Gasteiger partial charge < -0.3 is 19.7 Å². The van der Waals surface area contributed by atoms with E-state index in [0.29, 0.717) is 5.75 Å². The van der Waals surface area contributed by atoms with E-state index in [1.165, 1.54) is 11.1 Å². The third-order valence-electron chi connectivity index (χ3n) is 4.78. The first-order chi connectivity index (χ1) is 13.3. The molecule has 0 fully saturated rings. The Hall–Kier alpha value is -3.28. The van der Waals surface area contributed by atoms with Crippen molar-refractivity contribution in [2.75, 3.05) is 31.0 Å². The molecule has 1 aromatic heterocycles. The largest absolute Gasteiger partial charge is 0.497 e. The summed E-state index contributed by atoms with van der Waals surface area (Å²) in [5.41, 5.74) is 3.60. The van der Waals surface area contributed by atoms with Gasteiger partial charge in [-0.1, -0.05) is 24.3 Å². The van der Waals surface area contributed by atoms with Gasteiger partial charge in [0.15, 0.2) is 0 Å². The lowest BCUT2D eigenvalue weighted by molar-refractivity contribution is 0.395. The van der Waals surface area contributed by atoms with Gasteiger partial charge in [0.1, 0.15) is 29.5 Å². The number of hydrogen-bond donors (Lipinski definition) is 1. The van der Waals surface area contributed by atoms with Crippen LogP contribution in [0, 0.1) is 0 Å². The summed E-state index contributed by atoms with van der Waals surface area (Å²) in [7, 11) is 3.27. The lowest BCUT2D eigenvalue weighted by Crippen LogP contribution is -2.31. The van der Waals surface area contributed by atoms with E-state index >= 15 is 0 Å². The van der Waals surface area contributed by atoms with Gasteiger partial charge in [0.05, 0.1) is 19.9 Å². The van der Waals surface area contributed by atoms with E-state index in [4.69, 9.17) is 9.47 Å². The Labute approximate surface area is 158 Å². The molecule has 2 aromatic carbocycles. The minimum Gasteiger partial charge on any atom is -0.497 e. The van der Waals surface area contributed by atoms with Crippen molar-refractivity contribution in [3.63, 3.8) is 0 Å². The van der Waals surface area contributed by atoms with E-state index in [1.54, 1.807) is 20.5 Å². The lowest BCUT2D eigenvalue weighted by Gasteiger charge is -2.29. The van der Waals surface area contributed by atoms with Gasteiger partial charge in [-0.3, -0.25) is 0 Å². The van der Waals surface area contributed by atoms with Gasteiger partial charge in [-0.15, -0.1) is 0 Å². The fourth-order valence-corrected chi connectivity index (χ4v) is 3.32. The summed E-state index contributed by atoms with van der Waals surface area (Å²) in [5, 5.41) is 3.32. The normalized spacial score (nSPS) is 13.0. The van der Waals surface area contributed by atoms with Crippen LogP contribution < -0.4 is 19.7 Å². The summed E-state index contributed by atoms with van der Waals surface area (Å²) in [5.74, 6) is 3.07. The maximum absolute atomic E-state index is 5.45. The number of nitrogens with one attached hydrogen (secondary N) is 1. The molecule has 0 bridgehead atoms. The Morgan fingerprint density at radius 2 is 1.81 bits per heavy atom. The maximum Gasteiger partial charge on any atom is 0.146 e. The zero-order chi connectivity index (χ0) is 18.6. The molecule has 0 radical (unpaired) electrons. The summed E-state index contributed by atoms with van der Waals surface area (Å²) < 4.78 is 10.7. The highest BCUT2D eigenvalue weighted by Gasteiger charge is 2.17. The number of methoxy groups -OCH3 is 2. The topological polar surface area (TPSA) is 59.5 Å². The standard InChI is InChI=1S/C21H22N4O2/c1-26-17-7-8-18(19(11-17)27-2)24-20-12-21(23-14-22-20)25-10-9-15-5-3-4-6-16(15)13-25/h3-8,11-12,14H,9-10,13H2,1-2H3,(H,22,23,24). The zero-order valence-electron chi connectivity index (χ0n) is 15.5. The Balaban J connectivity index is 1.55. The van der Waals surface area contributed by atoms with Crippen molar-refractivity contribution in [3.8, 4) is 11.5 Å². The Morgan fingerprint density at radius 3 is 2.63 bits per heavy atom. The maximum atomic E-state index is 5.45. The van der Waals surface area contributed by atoms with Gasteiger partial charge in [0, 0.05) is 25.2 Å². The van der Waals surface area contributed by atoms with E-state index in [0.717, 1.165) is 42.6 Å². The van der Waals surface area contributed by atoms with Crippen LogP contribution in [0.2, 0.25) is 0 Å². The highest BCUT2D eigenvalue weighted by Crippen LogP contribution is 2.32. The molecule has 1 N–H and O–H groups in total. The van der Waals surface area contributed by atoms with E-state index in [9.17, 15) is 0 Å². The van der Waals surface area contributed by atoms with Crippen LogP contribution >= 0.6 is 0 Å². The number of benzene rings is 2. The van der Waals surface area contributed by atoms with Gasteiger partial charge >= 0.3 is 0 Å². The summed E-state index contributed by atoms with van der Waals surface area (Å²) in [4.78, 5) is 11.1. The predicted molar refractivity (Wildman–Crippen MR) is 106 cm³/mol. The van der Waals surface area contributed by atoms with Gasteiger partial charge in [-0.25, -0.2) is 9.97 Å². The first-order valence-electron chi connectivity index (χ1n) is 8.89. The molecule has 6 heteroatoms. The van der Waals surface area contributed by atoms with Gasteiger partial charge in [-0.05, 0) is 29.7 Å². The fourth-order valence-electron chi connectivity index (χ4n) is 3.32. The van der Waals surface area contributed by atoms with Crippen LogP contribution in [0.3, 0.4) is 0 Å². The van der Waals surface area contributed by atoms with Crippen molar-refractivity contribution in [3.05, 3.63) is 66.0 Å². The molecule has 138 valence electrons. The molecule has 0 saturated carbocycles. The van der Waals surface area contributed by atoms with Crippen molar-refractivity contribution < 1.29 is 9.47 Å². The first kappa shape index (κ1) is 17.1. The molecule has 6 nitrogen and oxygen atoms in total. The number of nitrogens with zero attached hydrogens (tertiary/aromatic N) is 3. The zero-order valence-corrected chi connectivity index (χ0v) is 15.5. The Morgan fingerprint density at radius 1 is 0.963 bits per heavy atom. The average Bonchev–Trinajstić information content (AvgIpc) is 2.74. The van der Waals surface area contributed by atoms with Crippen LogP contribution in [0.25, 0.3) is 0 Å². The molecule has 1 aliphatic heterocycles. The molecule has 0 atom stereocenters. The fraction of sp³-hybridized carbons (Fsp3) is 0.238. The monoisotopic (exact) mass is 362 g/mol.